The molecule has 1 aliphatic rings. The quantitative estimate of drug-likeness (QED) is 0.806. The molecule has 1 aliphatic carbocycles. The van der Waals surface area contributed by atoms with Gasteiger partial charge in [0, 0.05) is 24.2 Å². The van der Waals surface area contributed by atoms with Crippen molar-refractivity contribution in [2.24, 2.45) is 5.92 Å². The molecular formula is C18H29ClN2. The molecular weight excluding hydrogens is 280 g/mol. The van der Waals surface area contributed by atoms with Crippen molar-refractivity contribution >= 4 is 11.6 Å². The molecule has 0 aliphatic heterocycles. The van der Waals surface area contributed by atoms with Gasteiger partial charge in [-0.25, -0.2) is 0 Å². The van der Waals surface area contributed by atoms with E-state index in [4.69, 9.17) is 11.6 Å². The first kappa shape index (κ1) is 16.8. The minimum Gasteiger partial charge on any atom is -0.314 e. The fourth-order valence-corrected chi connectivity index (χ4v) is 3.65. The lowest BCUT2D eigenvalue weighted by molar-refractivity contribution is 0.185. The number of hydrogen-bond donors (Lipinski definition) is 1. The maximum Gasteiger partial charge on any atom is 0.0409 e. The van der Waals surface area contributed by atoms with Gasteiger partial charge in [0.1, 0.15) is 0 Å². The standard InChI is InChI=1S/C18H29ClN2/c1-3-11-20-18-10-5-4-8-16(18)14-21(2)13-15-7-6-9-17(19)12-15/h6-7,9,12,16,18,20H,3-5,8,10-11,13-14H2,1-2H3. The van der Waals surface area contributed by atoms with Crippen LogP contribution in [0.5, 0.6) is 0 Å². The normalized spacial score (nSPS) is 22.7. The largest absolute Gasteiger partial charge is 0.314 e. The van der Waals surface area contributed by atoms with Crippen molar-refractivity contribution in [1.82, 2.24) is 10.2 Å². The topological polar surface area (TPSA) is 15.3 Å². The predicted molar refractivity (Wildman–Crippen MR) is 91.8 cm³/mol. The van der Waals surface area contributed by atoms with Crippen molar-refractivity contribution in [2.45, 2.75) is 51.6 Å². The van der Waals surface area contributed by atoms with Crippen LogP contribution in [0.15, 0.2) is 24.3 Å². The molecule has 0 aromatic heterocycles. The van der Waals surface area contributed by atoms with Crippen LogP contribution in [0.2, 0.25) is 5.02 Å². The Bertz CT molecular complexity index is 421. The van der Waals surface area contributed by atoms with Crippen LogP contribution < -0.4 is 5.32 Å². The summed E-state index contributed by atoms with van der Waals surface area (Å²) in [6, 6.07) is 8.93. The summed E-state index contributed by atoms with van der Waals surface area (Å²) in [4.78, 5) is 2.45. The number of benzene rings is 1. The van der Waals surface area contributed by atoms with Crippen LogP contribution in [0.4, 0.5) is 0 Å². The first-order valence-electron chi connectivity index (χ1n) is 8.35. The Morgan fingerprint density at radius 2 is 2.10 bits per heavy atom. The second-order valence-corrected chi connectivity index (χ2v) is 6.87. The van der Waals surface area contributed by atoms with Crippen molar-refractivity contribution in [3.05, 3.63) is 34.9 Å². The Morgan fingerprint density at radius 3 is 2.86 bits per heavy atom. The lowest BCUT2D eigenvalue weighted by atomic mass is 9.84. The Hall–Kier alpha value is -0.570. The first-order valence-corrected chi connectivity index (χ1v) is 8.73. The molecule has 1 fully saturated rings. The Labute approximate surface area is 134 Å². The minimum absolute atomic E-state index is 0.709. The van der Waals surface area contributed by atoms with E-state index in [-0.39, 0.29) is 0 Å². The second kappa shape index (κ2) is 8.77. The van der Waals surface area contributed by atoms with Crippen molar-refractivity contribution in [3.63, 3.8) is 0 Å². The van der Waals surface area contributed by atoms with Crippen molar-refractivity contribution in [2.75, 3.05) is 20.1 Å². The lowest BCUT2D eigenvalue weighted by Gasteiger charge is -2.35. The van der Waals surface area contributed by atoms with Gasteiger partial charge in [0.05, 0.1) is 0 Å². The molecule has 2 rings (SSSR count). The van der Waals surface area contributed by atoms with Gasteiger partial charge in [-0.15, -0.1) is 0 Å². The Balaban J connectivity index is 1.86. The lowest BCUT2D eigenvalue weighted by Crippen LogP contribution is -2.43. The fourth-order valence-electron chi connectivity index (χ4n) is 3.44. The summed E-state index contributed by atoms with van der Waals surface area (Å²) in [6.07, 6.45) is 6.70. The second-order valence-electron chi connectivity index (χ2n) is 6.43. The average Bonchev–Trinajstić information content (AvgIpc) is 2.46. The fraction of sp³-hybridized carbons (Fsp3) is 0.667. The average molecular weight is 309 g/mol. The van der Waals surface area contributed by atoms with E-state index in [0.29, 0.717) is 6.04 Å². The zero-order valence-corrected chi connectivity index (χ0v) is 14.2. The zero-order valence-electron chi connectivity index (χ0n) is 13.4. The van der Waals surface area contributed by atoms with Gasteiger partial charge in [0.2, 0.25) is 0 Å². The first-order chi connectivity index (χ1) is 10.2. The molecule has 0 bridgehead atoms. The maximum absolute atomic E-state index is 6.07. The molecule has 2 unspecified atom stereocenters. The smallest absolute Gasteiger partial charge is 0.0409 e. The van der Waals surface area contributed by atoms with Crippen LogP contribution in [0.3, 0.4) is 0 Å². The van der Waals surface area contributed by atoms with Crippen LogP contribution in [0.25, 0.3) is 0 Å². The van der Waals surface area contributed by atoms with E-state index in [1.807, 2.05) is 12.1 Å². The number of nitrogens with one attached hydrogen (secondary N) is 1. The SMILES string of the molecule is CCCNC1CCCCC1CN(C)Cc1cccc(Cl)c1. The number of nitrogens with zero attached hydrogens (tertiary/aromatic N) is 1. The third-order valence-corrected chi connectivity index (χ3v) is 4.69. The molecule has 2 atom stereocenters. The van der Waals surface area contributed by atoms with Gasteiger partial charge in [0.15, 0.2) is 0 Å². The van der Waals surface area contributed by atoms with E-state index in [0.717, 1.165) is 24.0 Å². The minimum atomic E-state index is 0.709. The summed E-state index contributed by atoms with van der Waals surface area (Å²) in [5.41, 5.74) is 1.30. The molecule has 1 aromatic carbocycles. The molecule has 118 valence electrons. The summed E-state index contributed by atoms with van der Waals surface area (Å²) in [6.45, 7) is 5.56. The molecule has 1 N–H and O–H groups in total. The summed E-state index contributed by atoms with van der Waals surface area (Å²) in [5, 5.41) is 4.59. The van der Waals surface area contributed by atoms with E-state index >= 15 is 0 Å². The van der Waals surface area contributed by atoms with E-state index in [2.05, 4.69) is 36.3 Å². The summed E-state index contributed by atoms with van der Waals surface area (Å²) in [5.74, 6) is 0.787. The molecule has 0 heterocycles. The highest BCUT2D eigenvalue weighted by atomic mass is 35.5. The third kappa shape index (κ3) is 5.61. The van der Waals surface area contributed by atoms with Gasteiger partial charge in [-0.3, -0.25) is 0 Å². The summed E-state index contributed by atoms with van der Waals surface area (Å²) >= 11 is 6.07. The van der Waals surface area contributed by atoms with E-state index in [9.17, 15) is 0 Å². The van der Waals surface area contributed by atoms with Crippen LogP contribution in [-0.4, -0.2) is 31.1 Å². The highest BCUT2D eigenvalue weighted by molar-refractivity contribution is 6.30. The molecule has 0 spiro atoms. The predicted octanol–water partition coefficient (Wildman–Crippen LogP) is 4.33. The van der Waals surface area contributed by atoms with Gasteiger partial charge < -0.3 is 10.2 Å². The molecule has 2 nitrogen and oxygen atoms in total. The van der Waals surface area contributed by atoms with Gasteiger partial charge >= 0.3 is 0 Å². The molecule has 21 heavy (non-hydrogen) atoms. The molecule has 0 saturated heterocycles. The summed E-state index contributed by atoms with van der Waals surface area (Å²) in [7, 11) is 2.23. The van der Waals surface area contributed by atoms with Crippen molar-refractivity contribution in [3.8, 4) is 0 Å². The summed E-state index contributed by atoms with van der Waals surface area (Å²) < 4.78 is 0. The molecule has 1 aromatic rings. The number of hydrogen-bond acceptors (Lipinski definition) is 2. The highest BCUT2D eigenvalue weighted by Gasteiger charge is 2.25. The van der Waals surface area contributed by atoms with Crippen LogP contribution in [0.1, 0.15) is 44.6 Å². The zero-order chi connectivity index (χ0) is 15.1. The molecule has 3 heteroatoms. The van der Waals surface area contributed by atoms with Crippen LogP contribution in [-0.2, 0) is 6.54 Å². The molecule has 0 amide bonds. The van der Waals surface area contributed by atoms with Crippen molar-refractivity contribution in [1.29, 1.82) is 0 Å². The Morgan fingerprint density at radius 1 is 1.29 bits per heavy atom. The highest BCUT2D eigenvalue weighted by Crippen LogP contribution is 2.25. The van der Waals surface area contributed by atoms with Crippen LogP contribution in [0, 0.1) is 5.92 Å². The van der Waals surface area contributed by atoms with E-state index < -0.39 is 0 Å². The Kier molecular flexibility index (Phi) is 7.01. The van der Waals surface area contributed by atoms with Gasteiger partial charge in [0.25, 0.3) is 0 Å². The van der Waals surface area contributed by atoms with E-state index in [1.165, 1.54) is 44.2 Å². The van der Waals surface area contributed by atoms with Gasteiger partial charge in [-0.05, 0) is 56.5 Å². The maximum atomic E-state index is 6.07. The van der Waals surface area contributed by atoms with Gasteiger partial charge in [-0.1, -0.05) is 43.5 Å². The number of halogens is 1. The monoisotopic (exact) mass is 308 g/mol. The van der Waals surface area contributed by atoms with Crippen molar-refractivity contribution < 1.29 is 0 Å². The van der Waals surface area contributed by atoms with Gasteiger partial charge in [-0.2, -0.15) is 0 Å². The van der Waals surface area contributed by atoms with E-state index in [1.54, 1.807) is 0 Å². The van der Waals surface area contributed by atoms with Crippen LogP contribution >= 0.6 is 11.6 Å². The number of rotatable bonds is 7. The molecule has 0 radical (unpaired) electrons. The molecule has 1 saturated carbocycles. The third-order valence-electron chi connectivity index (χ3n) is 4.45.